The SMILES string of the molecule is C=C(C(=O)OC)[C@@H]1CCCC[C@H]1C(=C)C(=O)OC. The van der Waals surface area contributed by atoms with E-state index in [0.717, 1.165) is 25.7 Å². The summed E-state index contributed by atoms with van der Waals surface area (Å²) in [5.74, 6) is -0.968. The van der Waals surface area contributed by atoms with Crippen molar-refractivity contribution in [2.45, 2.75) is 25.7 Å². The fraction of sp³-hybridized carbons (Fsp3) is 0.571. The molecule has 0 aromatic heterocycles. The molecular weight excluding hydrogens is 232 g/mol. The van der Waals surface area contributed by atoms with Crippen LogP contribution in [0.1, 0.15) is 25.7 Å². The molecule has 18 heavy (non-hydrogen) atoms. The highest BCUT2D eigenvalue weighted by Crippen LogP contribution is 2.38. The van der Waals surface area contributed by atoms with E-state index in [2.05, 4.69) is 13.2 Å². The molecule has 0 radical (unpaired) electrons. The zero-order valence-corrected chi connectivity index (χ0v) is 11.0. The molecule has 0 saturated heterocycles. The fourth-order valence-corrected chi connectivity index (χ4v) is 2.53. The Balaban J connectivity index is 2.86. The molecule has 0 heterocycles. The summed E-state index contributed by atoms with van der Waals surface area (Å²) in [7, 11) is 2.67. The first-order valence-corrected chi connectivity index (χ1v) is 6.07. The highest BCUT2D eigenvalue weighted by molar-refractivity contribution is 5.91. The minimum atomic E-state index is -0.412. The molecule has 1 rings (SSSR count). The maximum absolute atomic E-state index is 11.6. The first-order chi connectivity index (χ1) is 8.52. The van der Waals surface area contributed by atoms with Crippen molar-refractivity contribution < 1.29 is 19.1 Å². The van der Waals surface area contributed by atoms with Gasteiger partial charge in [-0.3, -0.25) is 0 Å². The van der Waals surface area contributed by atoms with Gasteiger partial charge < -0.3 is 9.47 Å². The molecule has 100 valence electrons. The maximum atomic E-state index is 11.6. The van der Waals surface area contributed by atoms with E-state index in [0.29, 0.717) is 11.1 Å². The van der Waals surface area contributed by atoms with Gasteiger partial charge >= 0.3 is 11.9 Å². The van der Waals surface area contributed by atoms with Gasteiger partial charge in [0.25, 0.3) is 0 Å². The summed E-state index contributed by atoms with van der Waals surface area (Å²) < 4.78 is 9.39. The van der Waals surface area contributed by atoms with Gasteiger partial charge in [0.1, 0.15) is 0 Å². The standard InChI is InChI=1S/C14H20O4/c1-9(13(15)17-3)11-7-5-6-8-12(11)10(2)14(16)18-4/h11-12H,1-2,5-8H2,3-4H3/t11-,12-/m0/s1. The monoisotopic (exact) mass is 252 g/mol. The van der Waals surface area contributed by atoms with Crippen LogP contribution in [-0.4, -0.2) is 26.2 Å². The van der Waals surface area contributed by atoms with Crippen LogP contribution in [0.2, 0.25) is 0 Å². The quantitative estimate of drug-likeness (QED) is 0.569. The molecule has 0 N–H and O–H groups in total. The fourth-order valence-electron chi connectivity index (χ4n) is 2.53. The van der Waals surface area contributed by atoms with Crippen molar-refractivity contribution in [1.82, 2.24) is 0 Å². The predicted molar refractivity (Wildman–Crippen MR) is 67.8 cm³/mol. The van der Waals surface area contributed by atoms with E-state index in [1.54, 1.807) is 0 Å². The maximum Gasteiger partial charge on any atom is 0.333 e. The minimum absolute atomic E-state index is 0.0715. The Morgan fingerprint density at radius 1 is 0.889 bits per heavy atom. The lowest BCUT2D eigenvalue weighted by Gasteiger charge is -2.32. The summed E-state index contributed by atoms with van der Waals surface area (Å²) in [6.45, 7) is 7.60. The van der Waals surface area contributed by atoms with Gasteiger partial charge in [-0.25, -0.2) is 9.59 Å². The first kappa shape index (κ1) is 14.5. The summed E-state index contributed by atoms with van der Waals surface area (Å²) in [6.07, 6.45) is 3.69. The smallest absolute Gasteiger partial charge is 0.333 e. The molecule has 0 aromatic rings. The molecule has 4 nitrogen and oxygen atoms in total. The van der Waals surface area contributed by atoms with E-state index in [9.17, 15) is 9.59 Å². The molecule has 0 bridgehead atoms. The second kappa shape index (κ2) is 6.38. The van der Waals surface area contributed by atoms with E-state index in [1.165, 1.54) is 14.2 Å². The van der Waals surface area contributed by atoms with Gasteiger partial charge in [-0.05, 0) is 24.7 Å². The Hall–Kier alpha value is -1.58. The number of ether oxygens (including phenoxy) is 2. The largest absolute Gasteiger partial charge is 0.466 e. The van der Waals surface area contributed by atoms with Crippen molar-refractivity contribution in [3.63, 3.8) is 0 Å². The molecule has 0 unspecified atom stereocenters. The van der Waals surface area contributed by atoms with E-state index in [-0.39, 0.29) is 11.8 Å². The number of esters is 2. The van der Waals surface area contributed by atoms with Crippen LogP contribution in [0.5, 0.6) is 0 Å². The van der Waals surface area contributed by atoms with Crippen LogP contribution in [0.15, 0.2) is 24.3 Å². The highest BCUT2D eigenvalue weighted by atomic mass is 16.5. The Morgan fingerprint density at radius 2 is 1.22 bits per heavy atom. The average Bonchev–Trinajstić information content (AvgIpc) is 2.43. The number of carbonyl (C=O) groups is 2. The van der Waals surface area contributed by atoms with Gasteiger partial charge in [-0.1, -0.05) is 26.0 Å². The molecule has 1 aliphatic carbocycles. The van der Waals surface area contributed by atoms with Crippen molar-refractivity contribution >= 4 is 11.9 Å². The number of hydrogen-bond acceptors (Lipinski definition) is 4. The second-order valence-corrected chi connectivity index (χ2v) is 4.53. The van der Waals surface area contributed by atoms with Crippen molar-refractivity contribution in [1.29, 1.82) is 0 Å². The van der Waals surface area contributed by atoms with Crippen LogP contribution >= 0.6 is 0 Å². The van der Waals surface area contributed by atoms with E-state index in [1.807, 2.05) is 0 Å². The molecule has 2 atom stereocenters. The van der Waals surface area contributed by atoms with Gasteiger partial charge in [0.05, 0.1) is 14.2 Å². The normalized spacial score (nSPS) is 23.0. The van der Waals surface area contributed by atoms with Gasteiger partial charge in [0.15, 0.2) is 0 Å². The third-order valence-electron chi connectivity index (χ3n) is 3.56. The summed E-state index contributed by atoms with van der Waals surface area (Å²) >= 11 is 0. The van der Waals surface area contributed by atoms with Crippen LogP contribution < -0.4 is 0 Å². The van der Waals surface area contributed by atoms with E-state index in [4.69, 9.17) is 9.47 Å². The molecule has 1 fully saturated rings. The third kappa shape index (κ3) is 3.00. The van der Waals surface area contributed by atoms with Crippen LogP contribution in [0.25, 0.3) is 0 Å². The van der Waals surface area contributed by atoms with Gasteiger partial charge in [-0.2, -0.15) is 0 Å². The number of methoxy groups -OCH3 is 2. The molecule has 0 aromatic carbocycles. The third-order valence-corrected chi connectivity index (χ3v) is 3.56. The summed E-state index contributed by atoms with van der Waals surface area (Å²) in [6, 6.07) is 0. The number of rotatable bonds is 4. The summed E-state index contributed by atoms with van der Waals surface area (Å²) in [5.41, 5.74) is 0.847. The van der Waals surface area contributed by atoms with Gasteiger partial charge in [0, 0.05) is 11.1 Å². The second-order valence-electron chi connectivity index (χ2n) is 4.53. The molecule has 1 saturated carbocycles. The van der Waals surface area contributed by atoms with Crippen molar-refractivity contribution in [2.75, 3.05) is 14.2 Å². The van der Waals surface area contributed by atoms with E-state index >= 15 is 0 Å². The van der Waals surface area contributed by atoms with E-state index < -0.39 is 11.9 Å². The first-order valence-electron chi connectivity index (χ1n) is 6.07. The lowest BCUT2D eigenvalue weighted by atomic mass is 9.72. The van der Waals surface area contributed by atoms with Gasteiger partial charge in [-0.15, -0.1) is 0 Å². The molecule has 1 aliphatic rings. The minimum Gasteiger partial charge on any atom is -0.466 e. The van der Waals surface area contributed by atoms with Crippen molar-refractivity contribution in [2.24, 2.45) is 11.8 Å². The van der Waals surface area contributed by atoms with Crippen molar-refractivity contribution in [3.8, 4) is 0 Å². The average molecular weight is 252 g/mol. The van der Waals surface area contributed by atoms with Crippen LogP contribution in [0, 0.1) is 11.8 Å². The molecule has 0 amide bonds. The molecular formula is C14H20O4. The Labute approximate surface area is 108 Å². The Bertz CT molecular complexity index is 334. The topological polar surface area (TPSA) is 52.6 Å². The molecule has 0 spiro atoms. The van der Waals surface area contributed by atoms with Gasteiger partial charge in [0.2, 0.25) is 0 Å². The highest BCUT2D eigenvalue weighted by Gasteiger charge is 2.34. The Morgan fingerprint density at radius 3 is 1.50 bits per heavy atom. The summed E-state index contributed by atoms with van der Waals surface area (Å²) in [4.78, 5) is 23.1. The summed E-state index contributed by atoms with van der Waals surface area (Å²) in [5, 5.41) is 0. The van der Waals surface area contributed by atoms with Crippen LogP contribution in [0.4, 0.5) is 0 Å². The number of hydrogen-bond donors (Lipinski definition) is 0. The lowest BCUT2D eigenvalue weighted by molar-refractivity contribution is -0.139. The number of carbonyl (C=O) groups excluding carboxylic acids is 2. The zero-order valence-electron chi connectivity index (χ0n) is 11.0. The molecule has 0 aliphatic heterocycles. The van der Waals surface area contributed by atoms with Crippen LogP contribution in [-0.2, 0) is 19.1 Å². The zero-order chi connectivity index (χ0) is 13.7. The lowest BCUT2D eigenvalue weighted by Crippen LogP contribution is -2.29. The molecule has 4 heteroatoms. The van der Waals surface area contributed by atoms with Crippen molar-refractivity contribution in [3.05, 3.63) is 24.3 Å². The Kier molecular flexibility index (Phi) is 5.13. The van der Waals surface area contributed by atoms with Crippen LogP contribution in [0.3, 0.4) is 0 Å². The predicted octanol–water partition coefficient (Wildman–Crippen LogP) is 2.25.